The summed E-state index contributed by atoms with van der Waals surface area (Å²) < 4.78 is 8.06. The molecule has 0 bridgehead atoms. The fourth-order valence-electron chi connectivity index (χ4n) is 3.41. The maximum absolute atomic E-state index is 5.89. The van der Waals surface area contributed by atoms with E-state index in [9.17, 15) is 0 Å². The van der Waals surface area contributed by atoms with Gasteiger partial charge in [0.1, 0.15) is 5.75 Å². The lowest BCUT2D eigenvalue weighted by Crippen LogP contribution is -2.01. The Balaban J connectivity index is 1.93. The van der Waals surface area contributed by atoms with Crippen LogP contribution < -0.4 is 10.5 Å². The Morgan fingerprint density at radius 2 is 1.96 bits per heavy atom. The molecule has 5 heteroatoms. The van der Waals surface area contributed by atoms with Gasteiger partial charge in [0.25, 0.3) is 0 Å². The monoisotopic (exact) mass is 363 g/mol. The van der Waals surface area contributed by atoms with Crippen LogP contribution >= 0.6 is 11.3 Å². The third kappa shape index (κ3) is 2.95. The van der Waals surface area contributed by atoms with Gasteiger partial charge in [-0.25, -0.2) is 4.98 Å². The summed E-state index contributed by atoms with van der Waals surface area (Å²) >= 11 is 1.47. The van der Waals surface area contributed by atoms with Gasteiger partial charge in [-0.15, -0.1) is 11.3 Å². The summed E-state index contributed by atoms with van der Waals surface area (Å²) in [6.07, 6.45) is 0. The Hall–Kier alpha value is -2.79. The fraction of sp³-hybridized carbons (Fsp3) is 0.190. The molecule has 132 valence electrons. The van der Waals surface area contributed by atoms with Crippen LogP contribution in [0.1, 0.15) is 18.2 Å². The highest BCUT2D eigenvalue weighted by molar-refractivity contribution is 7.13. The van der Waals surface area contributed by atoms with Crippen molar-refractivity contribution in [2.24, 2.45) is 0 Å². The van der Waals surface area contributed by atoms with Gasteiger partial charge < -0.3 is 15.0 Å². The number of aromatic nitrogens is 2. The van der Waals surface area contributed by atoms with E-state index in [1.54, 1.807) is 0 Å². The van der Waals surface area contributed by atoms with Crippen molar-refractivity contribution in [3.05, 3.63) is 65.2 Å². The normalized spacial score (nSPS) is 11.2. The van der Waals surface area contributed by atoms with Crippen molar-refractivity contribution in [2.75, 3.05) is 12.3 Å². The van der Waals surface area contributed by atoms with Crippen molar-refractivity contribution in [1.29, 1.82) is 0 Å². The minimum absolute atomic E-state index is 0.587. The number of ether oxygens (including phenoxy) is 1. The third-order valence-electron chi connectivity index (χ3n) is 4.57. The lowest BCUT2D eigenvalue weighted by molar-refractivity contribution is 0.340. The first-order valence-electron chi connectivity index (χ1n) is 8.68. The average Bonchev–Trinajstić information content (AvgIpc) is 3.18. The van der Waals surface area contributed by atoms with Gasteiger partial charge in [-0.3, -0.25) is 0 Å². The first-order valence-corrected chi connectivity index (χ1v) is 9.56. The van der Waals surface area contributed by atoms with Crippen molar-refractivity contribution < 1.29 is 4.74 Å². The van der Waals surface area contributed by atoms with Crippen LogP contribution in [0, 0.1) is 6.92 Å². The van der Waals surface area contributed by atoms with Crippen LogP contribution in [-0.4, -0.2) is 16.2 Å². The zero-order valence-corrected chi connectivity index (χ0v) is 15.7. The van der Waals surface area contributed by atoms with Crippen LogP contribution in [0.3, 0.4) is 0 Å². The molecule has 0 fully saturated rings. The number of fused-ring (bicyclic) bond motifs is 1. The summed E-state index contributed by atoms with van der Waals surface area (Å²) in [4.78, 5) is 4.53. The fourth-order valence-corrected chi connectivity index (χ4v) is 3.97. The van der Waals surface area contributed by atoms with Crippen molar-refractivity contribution in [1.82, 2.24) is 9.55 Å². The van der Waals surface area contributed by atoms with Crippen molar-refractivity contribution in [2.45, 2.75) is 20.4 Å². The molecule has 0 atom stereocenters. The van der Waals surface area contributed by atoms with Crippen molar-refractivity contribution >= 4 is 27.4 Å². The Morgan fingerprint density at radius 3 is 2.65 bits per heavy atom. The van der Waals surface area contributed by atoms with E-state index in [1.165, 1.54) is 28.1 Å². The minimum atomic E-state index is 0.587. The quantitative estimate of drug-likeness (QED) is 0.536. The molecular weight excluding hydrogens is 342 g/mol. The van der Waals surface area contributed by atoms with Crippen LogP contribution in [0.15, 0.2) is 53.9 Å². The van der Waals surface area contributed by atoms with E-state index in [2.05, 4.69) is 52.9 Å². The molecule has 0 radical (unpaired) electrons. The van der Waals surface area contributed by atoms with Crippen LogP contribution in [0.2, 0.25) is 0 Å². The van der Waals surface area contributed by atoms with Gasteiger partial charge in [0.2, 0.25) is 0 Å². The standard InChI is InChI=1S/C21H21N3OS/c1-3-25-16-9-10-19-17(11-16)20(18-13-26-21(22)23-18)14(2)24(19)12-15-7-5-4-6-8-15/h4-11,13H,3,12H2,1-2H3,(H2,22,23). The number of nitrogen functional groups attached to an aromatic ring is 1. The molecule has 4 nitrogen and oxygen atoms in total. The number of hydrogen-bond donors (Lipinski definition) is 1. The van der Waals surface area contributed by atoms with E-state index in [0.29, 0.717) is 11.7 Å². The third-order valence-corrected chi connectivity index (χ3v) is 5.24. The second-order valence-electron chi connectivity index (χ2n) is 6.22. The first-order chi connectivity index (χ1) is 12.7. The molecule has 2 aromatic carbocycles. The summed E-state index contributed by atoms with van der Waals surface area (Å²) in [5.74, 6) is 0.876. The predicted molar refractivity (Wildman–Crippen MR) is 109 cm³/mol. The number of thiazole rings is 1. The number of nitrogens with zero attached hydrogens (tertiary/aromatic N) is 2. The van der Waals surface area contributed by atoms with E-state index in [0.717, 1.165) is 28.9 Å². The summed E-state index contributed by atoms with van der Waals surface area (Å²) in [6.45, 7) is 5.61. The molecule has 0 saturated carbocycles. The Morgan fingerprint density at radius 1 is 1.15 bits per heavy atom. The van der Waals surface area contributed by atoms with Crippen LogP contribution in [-0.2, 0) is 6.54 Å². The molecular formula is C21H21N3OS. The molecule has 0 aliphatic carbocycles. The van der Waals surface area contributed by atoms with Crippen molar-refractivity contribution in [3.8, 4) is 17.0 Å². The molecule has 0 spiro atoms. The predicted octanol–water partition coefficient (Wildman–Crippen LogP) is 5.10. The SMILES string of the molecule is CCOc1ccc2c(c1)c(-c1csc(N)n1)c(C)n2Cc1ccccc1. The number of rotatable bonds is 5. The van der Waals surface area contributed by atoms with E-state index in [1.807, 2.05) is 24.4 Å². The van der Waals surface area contributed by atoms with Gasteiger partial charge in [-0.2, -0.15) is 0 Å². The Labute approximate surface area is 156 Å². The smallest absolute Gasteiger partial charge is 0.180 e. The highest BCUT2D eigenvalue weighted by Gasteiger charge is 2.18. The molecule has 4 aromatic rings. The number of benzene rings is 2. The van der Waals surface area contributed by atoms with Gasteiger partial charge in [0, 0.05) is 34.1 Å². The molecule has 2 aromatic heterocycles. The first kappa shape index (κ1) is 16.7. The van der Waals surface area contributed by atoms with E-state index < -0.39 is 0 Å². The molecule has 26 heavy (non-hydrogen) atoms. The molecule has 0 aliphatic heterocycles. The maximum atomic E-state index is 5.89. The molecule has 4 rings (SSSR count). The van der Waals surface area contributed by atoms with Crippen LogP contribution in [0.25, 0.3) is 22.2 Å². The zero-order valence-electron chi connectivity index (χ0n) is 14.9. The van der Waals surface area contributed by atoms with Gasteiger partial charge in [0.05, 0.1) is 12.3 Å². The largest absolute Gasteiger partial charge is 0.494 e. The molecule has 2 N–H and O–H groups in total. The van der Waals surface area contributed by atoms with Gasteiger partial charge in [-0.05, 0) is 37.6 Å². The summed E-state index contributed by atoms with van der Waals surface area (Å²) in [6, 6.07) is 16.8. The second kappa shape index (κ2) is 6.84. The molecule has 0 amide bonds. The zero-order chi connectivity index (χ0) is 18.1. The highest BCUT2D eigenvalue weighted by atomic mass is 32.1. The number of hydrogen-bond acceptors (Lipinski definition) is 4. The summed E-state index contributed by atoms with van der Waals surface area (Å²) in [5.41, 5.74) is 11.6. The van der Waals surface area contributed by atoms with E-state index in [-0.39, 0.29) is 0 Å². The van der Waals surface area contributed by atoms with E-state index in [4.69, 9.17) is 10.5 Å². The topological polar surface area (TPSA) is 53.1 Å². The number of nitrogens with two attached hydrogens (primary N) is 1. The van der Waals surface area contributed by atoms with Gasteiger partial charge in [-0.1, -0.05) is 30.3 Å². The van der Waals surface area contributed by atoms with Crippen LogP contribution in [0.4, 0.5) is 5.13 Å². The maximum Gasteiger partial charge on any atom is 0.180 e. The molecule has 0 unspecified atom stereocenters. The Kier molecular flexibility index (Phi) is 4.39. The average molecular weight is 363 g/mol. The van der Waals surface area contributed by atoms with E-state index >= 15 is 0 Å². The molecule has 0 saturated heterocycles. The lowest BCUT2D eigenvalue weighted by atomic mass is 10.1. The minimum Gasteiger partial charge on any atom is -0.494 e. The van der Waals surface area contributed by atoms with Gasteiger partial charge in [0.15, 0.2) is 5.13 Å². The molecule has 0 aliphatic rings. The van der Waals surface area contributed by atoms with Gasteiger partial charge >= 0.3 is 0 Å². The summed E-state index contributed by atoms with van der Waals surface area (Å²) in [7, 11) is 0. The Bertz CT molecular complexity index is 1050. The second-order valence-corrected chi connectivity index (χ2v) is 7.10. The highest BCUT2D eigenvalue weighted by Crippen LogP contribution is 2.37. The lowest BCUT2D eigenvalue weighted by Gasteiger charge is -2.09. The molecule has 2 heterocycles. The summed E-state index contributed by atoms with van der Waals surface area (Å²) in [5, 5.41) is 3.76. The van der Waals surface area contributed by atoms with Crippen molar-refractivity contribution in [3.63, 3.8) is 0 Å². The number of anilines is 1. The van der Waals surface area contributed by atoms with Crippen LogP contribution in [0.5, 0.6) is 5.75 Å².